The highest BCUT2D eigenvalue weighted by molar-refractivity contribution is 6.29. The first-order valence-corrected chi connectivity index (χ1v) is 7.06. The maximum absolute atomic E-state index is 5.79. The van der Waals surface area contributed by atoms with E-state index in [2.05, 4.69) is 46.5 Å². The monoisotopic (exact) mass is 298 g/mol. The molecule has 2 aromatic heterocycles. The maximum Gasteiger partial charge on any atom is 0.129 e. The van der Waals surface area contributed by atoms with Crippen molar-refractivity contribution in [2.45, 2.75) is 13.0 Å². The van der Waals surface area contributed by atoms with Gasteiger partial charge in [-0.05, 0) is 36.8 Å². The zero-order chi connectivity index (χ0) is 14.7. The summed E-state index contributed by atoms with van der Waals surface area (Å²) < 4.78 is 1.98. The van der Waals surface area contributed by atoms with Gasteiger partial charge in [0.1, 0.15) is 5.15 Å². The lowest BCUT2D eigenvalue weighted by molar-refractivity contribution is 0.881. The average Bonchev–Trinajstić information content (AvgIpc) is 3.04. The summed E-state index contributed by atoms with van der Waals surface area (Å²) in [6.45, 7) is 2.11. The van der Waals surface area contributed by atoms with Crippen LogP contribution < -0.4 is 5.32 Å². The molecule has 4 nitrogen and oxygen atoms in total. The molecule has 1 aromatic carbocycles. The van der Waals surface area contributed by atoms with Crippen LogP contribution in [0.15, 0.2) is 61.3 Å². The Hall–Kier alpha value is -2.33. The van der Waals surface area contributed by atoms with Crippen LogP contribution in [0.25, 0.3) is 5.69 Å². The fourth-order valence-electron chi connectivity index (χ4n) is 2.14. The van der Waals surface area contributed by atoms with E-state index >= 15 is 0 Å². The Kier molecular flexibility index (Phi) is 3.88. The number of aromatic nitrogens is 3. The molecule has 0 spiro atoms. The van der Waals surface area contributed by atoms with Gasteiger partial charge in [0.05, 0.1) is 18.2 Å². The Morgan fingerprint density at radius 3 is 2.57 bits per heavy atom. The molecule has 3 aromatic rings. The smallest absolute Gasteiger partial charge is 0.129 e. The zero-order valence-corrected chi connectivity index (χ0v) is 12.3. The molecule has 1 N–H and O–H groups in total. The van der Waals surface area contributed by atoms with E-state index in [0.717, 1.165) is 11.4 Å². The predicted molar refractivity (Wildman–Crippen MR) is 84.8 cm³/mol. The molecule has 0 bridgehead atoms. The van der Waals surface area contributed by atoms with Crippen LogP contribution in [0.2, 0.25) is 5.15 Å². The topological polar surface area (TPSA) is 42.7 Å². The van der Waals surface area contributed by atoms with Crippen molar-refractivity contribution in [3.63, 3.8) is 0 Å². The Morgan fingerprint density at radius 2 is 1.95 bits per heavy atom. The standard InChI is InChI=1S/C16H15ClN4/c1-12(20-14-4-7-16(17)19-10-14)13-2-5-15(6-3-13)21-9-8-18-11-21/h2-12,20H,1H3. The number of rotatable bonds is 4. The Balaban J connectivity index is 1.73. The number of anilines is 1. The van der Waals surface area contributed by atoms with E-state index in [0.29, 0.717) is 5.15 Å². The second kappa shape index (κ2) is 5.97. The minimum absolute atomic E-state index is 0.185. The Bertz CT molecular complexity index is 690. The number of benzene rings is 1. The first kappa shape index (κ1) is 13.6. The van der Waals surface area contributed by atoms with Crippen LogP contribution in [-0.4, -0.2) is 14.5 Å². The molecule has 0 fully saturated rings. The summed E-state index contributed by atoms with van der Waals surface area (Å²) in [5, 5.41) is 3.90. The van der Waals surface area contributed by atoms with Gasteiger partial charge in [0.15, 0.2) is 0 Å². The second-order valence-electron chi connectivity index (χ2n) is 4.80. The summed E-state index contributed by atoms with van der Waals surface area (Å²) in [7, 11) is 0. The minimum Gasteiger partial charge on any atom is -0.377 e. The molecule has 0 saturated heterocycles. The third-order valence-corrected chi connectivity index (χ3v) is 3.53. The van der Waals surface area contributed by atoms with Gasteiger partial charge in [-0.15, -0.1) is 0 Å². The first-order chi connectivity index (χ1) is 10.2. The molecule has 0 aliphatic carbocycles. The third kappa shape index (κ3) is 3.23. The van der Waals surface area contributed by atoms with E-state index in [9.17, 15) is 0 Å². The van der Waals surface area contributed by atoms with Crippen molar-refractivity contribution in [2.24, 2.45) is 0 Å². The fraction of sp³-hybridized carbons (Fsp3) is 0.125. The van der Waals surface area contributed by atoms with Gasteiger partial charge in [-0.2, -0.15) is 0 Å². The highest BCUT2D eigenvalue weighted by Crippen LogP contribution is 2.20. The average molecular weight is 299 g/mol. The first-order valence-electron chi connectivity index (χ1n) is 6.69. The van der Waals surface area contributed by atoms with Crippen molar-refractivity contribution in [3.05, 3.63) is 72.0 Å². The van der Waals surface area contributed by atoms with Crippen LogP contribution in [-0.2, 0) is 0 Å². The molecule has 21 heavy (non-hydrogen) atoms. The summed E-state index contributed by atoms with van der Waals surface area (Å²) >= 11 is 5.79. The van der Waals surface area contributed by atoms with Gasteiger partial charge in [0.25, 0.3) is 0 Å². The van der Waals surface area contributed by atoms with Gasteiger partial charge >= 0.3 is 0 Å². The lowest BCUT2D eigenvalue weighted by atomic mass is 10.1. The highest BCUT2D eigenvalue weighted by Gasteiger charge is 2.06. The minimum atomic E-state index is 0.185. The number of halogens is 1. The molecule has 1 unspecified atom stereocenters. The number of nitrogens with one attached hydrogen (secondary N) is 1. The van der Waals surface area contributed by atoms with E-state index in [4.69, 9.17) is 11.6 Å². The molecular weight excluding hydrogens is 284 g/mol. The molecule has 0 aliphatic rings. The molecule has 0 radical (unpaired) electrons. The highest BCUT2D eigenvalue weighted by atomic mass is 35.5. The number of hydrogen-bond donors (Lipinski definition) is 1. The van der Waals surface area contributed by atoms with Crippen molar-refractivity contribution in [1.82, 2.24) is 14.5 Å². The zero-order valence-electron chi connectivity index (χ0n) is 11.6. The molecule has 1 atom stereocenters. The van der Waals surface area contributed by atoms with Gasteiger partial charge in [0.2, 0.25) is 0 Å². The molecule has 0 aliphatic heterocycles. The molecule has 3 rings (SSSR count). The van der Waals surface area contributed by atoms with E-state index in [1.165, 1.54) is 5.56 Å². The van der Waals surface area contributed by atoms with Gasteiger partial charge in [-0.25, -0.2) is 9.97 Å². The van der Waals surface area contributed by atoms with Crippen molar-refractivity contribution < 1.29 is 0 Å². The molecule has 2 heterocycles. The van der Waals surface area contributed by atoms with E-state index < -0.39 is 0 Å². The normalized spacial score (nSPS) is 12.1. The molecule has 0 amide bonds. The quantitative estimate of drug-likeness (QED) is 0.738. The van der Waals surface area contributed by atoms with Gasteiger partial charge < -0.3 is 9.88 Å². The fourth-order valence-corrected chi connectivity index (χ4v) is 2.25. The number of pyridine rings is 1. The summed E-state index contributed by atoms with van der Waals surface area (Å²) in [5.41, 5.74) is 3.25. The third-order valence-electron chi connectivity index (χ3n) is 3.31. The molecular formula is C16H15ClN4. The summed E-state index contributed by atoms with van der Waals surface area (Å²) in [5.74, 6) is 0. The van der Waals surface area contributed by atoms with Crippen LogP contribution >= 0.6 is 11.6 Å². The Labute approximate surface area is 128 Å². The summed E-state index contributed by atoms with van der Waals surface area (Å²) in [4.78, 5) is 8.12. The van der Waals surface area contributed by atoms with Crippen molar-refractivity contribution >= 4 is 17.3 Å². The molecule has 106 valence electrons. The lowest BCUT2D eigenvalue weighted by Gasteiger charge is -2.16. The maximum atomic E-state index is 5.79. The van der Waals surface area contributed by atoms with Crippen LogP contribution in [0, 0.1) is 0 Å². The Morgan fingerprint density at radius 1 is 1.14 bits per heavy atom. The molecule has 5 heteroatoms. The summed E-state index contributed by atoms with van der Waals surface area (Å²) in [6.07, 6.45) is 7.22. The van der Waals surface area contributed by atoms with Crippen molar-refractivity contribution in [1.29, 1.82) is 0 Å². The van der Waals surface area contributed by atoms with Crippen LogP contribution in [0.5, 0.6) is 0 Å². The number of nitrogens with zero attached hydrogens (tertiary/aromatic N) is 3. The summed E-state index contributed by atoms with van der Waals surface area (Å²) in [6, 6.07) is 12.3. The number of imidazole rings is 1. The van der Waals surface area contributed by atoms with E-state index in [1.54, 1.807) is 24.8 Å². The van der Waals surface area contributed by atoms with Crippen LogP contribution in [0.4, 0.5) is 5.69 Å². The molecule has 0 saturated carbocycles. The largest absolute Gasteiger partial charge is 0.377 e. The lowest BCUT2D eigenvalue weighted by Crippen LogP contribution is -2.06. The van der Waals surface area contributed by atoms with Gasteiger partial charge in [-0.1, -0.05) is 23.7 Å². The van der Waals surface area contributed by atoms with E-state index in [1.807, 2.05) is 16.8 Å². The second-order valence-corrected chi connectivity index (χ2v) is 5.18. The predicted octanol–water partition coefficient (Wildman–Crippen LogP) is 4.09. The van der Waals surface area contributed by atoms with Crippen LogP contribution in [0.3, 0.4) is 0 Å². The van der Waals surface area contributed by atoms with Gasteiger partial charge in [-0.3, -0.25) is 0 Å². The number of hydrogen-bond acceptors (Lipinski definition) is 3. The van der Waals surface area contributed by atoms with E-state index in [-0.39, 0.29) is 6.04 Å². The SMILES string of the molecule is CC(Nc1ccc(Cl)nc1)c1ccc(-n2ccnc2)cc1. The van der Waals surface area contributed by atoms with Crippen molar-refractivity contribution in [3.8, 4) is 5.69 Å². The van der Waals surface area contributed by atoms with Crippen molar-refractivity contribution in [2.75, 3.05) is 5.32 Å². The van der Waals surface area contributed by atoms with Gasteiger partial charge in [0, 0.05) is 24.1 Å². The van der Waals surface area contributed by atoms with Crippen LogP contribution in [0.1, 0.15) is 18.5 Å².